The number of nitrogens with one attached hydrogen (secondary N) is 2. The van der Waals surface area contributed by atoms with Crippen LogP contribution in [0.2, 0.25) is 0 Å². The summed E-state index contributed by atoms with van der Waals surface area (Å²) in [5, 5.41) is 25.4. The molecule has 0 saturated heterocycles. The summed E-state index contributed by atoms with van der Waals surface area (Å²) in [5.74, 6) is -1.63. The Bertz CT molecular complexity index is 619. The number of amides is 1. The molecule has 9 nitrogen and oxygen atoms in total. The fraction of sp³-hybridized carbons (Fsp3) is 0.529. The predicted octanol–water partition coefficient (Wildman–Crippen LogP) is 1.70. The first-order valence-electron chi connectivity index (χ1n) is 8.60. The molecular formula is C17H26N4O5. The number of aliphatic carboxylic acids is 1. The summed E-state index contributed by atoms with van der Waals surface area (Å²) >= 11 is 0. The van der Waals surface area contributed by atoms with Gasteiger partial charge in [-0.3, -0.25) is 19.7 Å². The number of hydrogen-bond donors (Lipinski definition) is 3. The molecule has 0 bridgehead atoms. The molecule has 1 rings (SSSR count). The fourth-order valence-corrected chi connectivity index (χ4v) is 2.46. The van der Waals surface area contributed by atoms with Gasteiger partial charge in [-0.25, -0.2) is 0 Å². The van der Waals surface area contributed by atoms with Crippen LogP contribution in [0.3, 0.4) is 0 Å². The van der Waals surface area contributed by atoms with Gasteiger partial charge in [0.15, 0.2) is 0 Å². The molecule has 1 amide bonds. The fourth-order valence-electron chi connectivity index (χ4n) is 2.46. The summed E-state index contributed by atoms with van der Waals surface area (Å²) in [7, 11) is 0. The smallest absolute Gasteiger partial charge is 0.321 e. The Labute approximate surface area is 152 Å². The van der Waals surface area contributed by atoms with Gasteiger partial charge in [-0.15, -0.1) is 0 Å². The largest absolute Gasteiger partial charge is 0.480 e. The van der Waals surface area contributed by atoms with Crippen molar-refractivity contribution >= 4 is 23.3 Å². The van der Waals surface area contributed by atoms with Crippen molar-refractivity contribution in [1.29, 1.82) is 0 Å². The molecule has 1 aromatic rings. The lowest BCUT2D eigenvalue weighted by Gasteiger charge is -2.19. The second kappa shape index (κ2) is 11.2. The Kier molecular flexibility index (Phi) is 9.24. The Hall–Kier alpha value is -2.52. The van der Waals surface area contributed by atoms with E-state index < -0.39 is 22.8 Å². The molecular weight excluding hydrogens is 340 g/mol. The molecule has 0 heterocycles. The van der Waals surface area contributed by atoms with E-state index in [0.29, 0.717) is 6.54 Å². The van der Waals surface area contributed by atoms with E-state index in [1.165, 1.54) is 24.3 Å². The van der Waals surface area contributed by atoms with Gasteiger partial charge in [-0.05, 0) is 38.7 Å². The molecule has 0 unspecified atom stereocenters. The topological polar surface area (TPSA) is 125 Å². The van der Waals surface area contributed by atoms with Crippen molar-refractivity contribution in [3.05, 3.63) is 34.4 Å². The molecule has 0 saturated carbocycles. The SMILES string of the molecule is CCN(CC)CCCN[C@H](CC(=O)Nc1cccc([N+](=O)[O-])c1)C(=O)O. The molecule has 1 atom stereocenters. The number of carboxylic acids is 1. The van der Waals surface area contributed by atoms with Crippen LogP contribution in [-0.4, -0.2) is 59.0 Å². The van der Waals surface area contributed by atoms with Crippen molar-refractivity contribution in [1.82, 2.24) is 10.2 Å². The molecule has 1 aromatic carbocycles. The maximum Gasteiger partial charge on any atom is 0.321 e. The van der Waals surface area contributed by atoms with E-state index in [0.717, 1.165) is 26.1 Å². The van der Waals surface area contributed by atoms with Crippen molar-refractivity contribution < 1.29 is 19.6 Å². The second-order valence-electron chi connectivity index (χ2n) is 5.79. The van der Waals surface area contributed by atoms with Crippen LogP contribution in [0.25, 0.3) is 0 Å². The lowest BCUT2D eigenvalue weighted by molar-refractivity contribution is -0.384. The Morgan fingerprint density at radius 1 is 1.31 bits per heavy atom. The van der Waals surface area contributed by atoms with Crippen molar-refractivity contribution in [3.8, 4) is 0 Å². The molecule has 0 aliphatic heterocycles. The standard InChI is InChI=1S/C17H26N4O5/c1-3-20(4-2)10-6-9-18-15(17(23)24)12-16(22)19-13-7-5-8-14(11-13)21(25)26/h5,7-8,11,15,18H,3-4,6,9-10,12H2,1-2H3,(H,19,22)(H,23,24)/t15-/m1/s1. The van der Waals surface area contributed by atoms with E-state index in [1.54, 1.807) is 0 Å². The summed E-state index contributed by atoms with van der Waals surface area (Å²) in [6.45, 7) is 7.34. The van der Waals surface area contributed by atoms with Crippen LogP contribution >= 0.6 is 0 Å². The highest BCUT2D eigenvalue weighted by atomic mass is 16.6. The van der Waals surface area contributed by atoms with E-state index in [9.17, 15) is 24.8 Å². The van der Waals surface area contributed by atoms with Gasteiger partial charge in [0.1, 0.15) is 6.04 Å². The number of benzene rings is 1. The normalized spacial score (nSPS) is 12.0. The van der Waals surface area contributed by atoms with E-state index in [-0.39, 0.29) is 17.8 Å². The molecule has 144 valence electrons. The summed E-state index contributed by atoms with van der Waals surface area (Å²) in [4.78, 5) is 35.8. The lowest BCUT2D eigenvalue weighted by atomic mass is 10.2. The molecule has 26 heavy (non-hydrogen) atoms. The lowest BCUT2D eigenvalue weighted by Crippen LogP contribution is -2.41. The monoisotopic (exact) mass is 366 g/mol. The summed E-state index contributed by atoms with van der Waals surface area (Å²) in [5.41, 5.74) is 0.113. The maximum absolute atomic E-state index is 12.0. The highest BCUT2D eigenvalue weighted by molar-refractivity contribution is 5.94. The van der Waals surface area contributed by atoms with Crippen molar-refractivity contribution in [2.45, 2.75) is 32.7 Å². The number of carbonyl (C=O) groups is 2. The highest BCUT2D eigenvalue weighted by Gasteiger charge is 2.21. The number of nitro benzene ring substituents is 1. The second-order valence-corrected chi connectivity index (χ2v) is 5.79. The third-order valence-corrected chi connectivity index (χ3v) is 3.96. The summed E-state index contributed by atoms with van der Waals surface area (Å²) < 4.78 is 0. The molecule has 0 aromatic heterocycles. The van der Waals surface area contributed by atoms with Gasteiger partial charge in [0, 0.05) is 17.8 Å². The number of anilines is 1. The minimum Gasteiger partial charge on any atom is -0.480 e. The number of nitro groups is 1. The van der Waals surface area contributed by atoms with Crippen LogP contribution in [0.15, 0.2) is 24.3 Å². The van der Waals surface area contributed by atoms with Gasteiger partial charge in [0.05, 0.1) is 11.3 Å². The van der Waals surface area contributed by atoms with Gasteiger partial charge < -0.3 is 20.6 Å². The van der Waals surface area contributed by atoms with Crippen molar-refractivity contribution in [2.24, 2.45) is 0 Å². The van der Waals surface area contributed by atoms with Crippen LogP contribution < -0.4 is 10.6 Å². The maximum atomic E-state index is 12.0. The van der Waals surface area contributed by atoms with Gasteiger partial charge in [0.2, 0.25) is 5.91 Å². The first-order chi connectivity index (χ1) is 12.4. The number of carboxylic acid groups (broad SMARTS) is 1. The number of non-ortho nitro benzene ring substituents is 1. The zero-order valence-electron chi connectivity index (χ0n) is 15.1. The first-order valence-corrected chi connectivity index (χ1v) is 8.60. The number of rotatable bonds is 12. The number of nitrogens with zero attached hydrogens (tertiary/aromatic N) is 2. The minimum atomic E-state index is -1.11. The molecule has 3 N–H and O–H groups in total. The molecule has 0 fully saturated rings. The molecule has 0 aliphatic carbocycles. The zero-order valence-corrected chi connectivity index (χ0v) is 15.1. The van der Waals surface area contributed by atoms with Gasteiger partial charge in [-0.2, -0.15) is 0 Å². The van der Waals surface area contributed by atoms with Crippen LogP contribution in [-0.2, 0) is 9.59 Å². The van der Waals surface area contributed by atoms with E-state index >= 15 is 0 Å². The van der Waals surface area contributed by atoms with Crippen LogP contribution in [0, 0.1) is 10.1 Å². The third kappa shape index (κ3) is 7.58. The average molecular weight is 366 g/mol. The molecule has 9 heteroatoms. The summed E-state index contributed by atoms with van der Waals surface area (Å²) in [6.07, 6.45) is 0.515. The van der Waals surface area contributed by atoms with E-state index in [2.05, 4.69) is 29.4 Å². The number of hydrogen-bond acceptors (Lipinski definition) is 6. The quantitative estimate of drug-likeness (QED) is 0.292. The van der Waals surface area contributed by atoms with Crippen LogP contribution in [0.1, 0.15) is 26.7 Å². The summed E-state index contributed by atoms with van der Waals surface area (Å²) in [6, 6.07) is 4.50. The minimum absolute atomic E-state index is 0.146. The van der Waals surface area contributed by atoms with E-state index in [1.807, 2.05) is 0 Å². The van der Waals surface area contributed by atoms with Crippen molar-refractivity contribution in [2.75, 3.05) is 31.5 Å². The van der Waals surface area contributed by atoms with Gasteiger partial charge in [0.25, 0.3) is 5.69 Å². The molecule has 0 aliphatic rings. The number of carbonyl (C=O) groups excluding carboxylic acids is 1. The Morgan fingerprint density at radius 3 is 2.58 bits per heavy atom. The third-order valence-electron chi connectivity index (χ3n) is 3.96. The predicted molar refractivity (Wildman–Crippen MR) is 98.2 cm³/mol. The van der Waals surface area contributed by atoms with Gasteiger partial charge in [-0.1, -0.05) is 19.9 Å². The Balaban J connectivity index is 2.51. The zero-order chi connectivity index (χ0) is 19.5. The average Bonchev–Trinajstić information content (AvgIpc) is 2.60. The van der Waals surface area contributed by atoms with Gasteiger partial charge >= 0.3 is 5.97 Å². The van der Waals surface area contributed by atoms with Crippen molar-refractivity contribution in [3.63, 3.8) is 0 Å². The van der Waals surface area contributed by atoms with Crippen LogP contribution in [0.4, 0.5) is 11.4 Å². The first kappa shape index (κ1) is 21.5. The Morgan fingerprint density at radius 2 is 2.00 bits per heavy atom. The molecule has 0 spiro atoms. The van der Waals surface area contributed by atoms with Crippen LogP contribution in [0.5, 0.6) is 0 Å². The molecule has 0 radical (unpaired) electrons. The highest BCUT2D eigenvalue weighted by Crippen LogP contribution is 2.17. The van der Waals surface area contributed by atoms with E-state index in [4.69, 9.17) is 0 Å².